The number of amides is 2. The molecule has 0 radical (unpaired) electrons. The van der Waals surface area contributed by atoms with E-state index in [0.29, 0.717) is 22.1 Å². The summed E-state index contributed by atoms with van der Waals surface area (Å²) in [7, 11) is 1.52. The second kappa shape index (κ2) is 8.75. The van der Waals surface area contributed by atoms with Gasteiger partial charge in [0.1, 0.15) is 5.75 Å². The van der Waals surface area contributed by atoms with Crippen LogP contribution in [0.2, 0.25) is 5.02 Å². The number of benzene rings is 2. The molecule has 0 spiro atoms. The van der Waals surface area contributed by atoms with Gasteiger partial charge in [0.05, 0.1) is 18.7 Å². The Labute approximate surface area is 167 Å². The Morgan fingerprint density at radius 2 is 2.00 bits per heavy atom. The number of esters is 1. The maximum atomic E-state index is 12.3. The minimum Gasteiger partial charge on any atom is -0.495 e. The van der Waals surface area contributed by atoms with E-state index in [2.05, 4.69) is 5.32 Å². The van der Waals surface area contributed by atoms with Gasteiger partial charge in [-0.2, -0.15) is 0 Å². The van der Waals surface area contributed by atoms with E-state index in [1.165, 1.54) is 12.0 Å². The van der Waals surface area contributed by atoms with Gasteiger partial charge in [0.15, 0.2) is 6.61 Å². The number of nitrogens with zero attached hydrogens (tertiary/aromatic N) is 1. The van der Waals surface area contributed by atoms with E-state index < -0.39 is 24.4 Å². The molecule has 2 aromatic carbocycles. The second-order valence-corrected chi connectivity index (χ2v) is 6.68. The average Bonchev–Trinajstić information content (AvgIpc) is 3.07. The number of carbonyl (C=O) groups is 3. The van der Waals surface area contributed by atoms with Gasteiger partial charge in [0.2, 0.25) is 5.91 Å². The third-order valence-corrected chi connectivity index (χ3v) is 4.52. The molecule has 0 bridgehead atoms. The molecule has 1 aliphatic heterocycles. The summed E-state index contributed by atoms with van der Waals surface area (Å²) in [6, 6.07) is 13.7. The predicted molar refractivity (Wildman–Crippen MR) is 104 cm³/mol. The van der Waals surface area contributed by atoms with E-state index in [0.717, 1.165) is 0 Å². The zero-order chi connectivity index (χ0) is 20.1. The maximum Gasteiger partial charge on any atom is 0.311 e. The van der Waals surface area contributed by atoms with Crippen molar-refractivity contribution >= 4 is 40.8 Å². The minimum atomic E-state index is -0.642. The van der Waals surface area contributed by atoms with Crippen LogP contribution in [0, 0.1) is 5.92 Å². The number of nitrogens with one attached hydrogen (secondary N) is 1. The summed E-state index contributed by atoms with van der Waals surface area (Å²) in [6.07, 6.45) is 0.0206. The van der Waals surface area contributed by atoms with Crippen LogP contribution in [-0.2, 0) is 19.1 Å². The molecule has 1 unspecified atom stereocenters. The molecule has 0 saturated carbocycles. The van der Waals surface area contributed by atoms with E-state index in [1.807, 2.05) is 0 Å². The molecule has 1 atom stereocenters. The highest BCUT2D eigenvalue weighted by atomic mass is 35.5. The van der Waals surface area contributed by atoms with Crippen LogP contribution in [0.4, 0.5) is 11.4 Å². The van der Waals surface area contributed by atoms with Crippen molar-refractivity contribution in [3.63, 3.8) is 0 Å². The Morgan fingerprint density at radius 3 is 2.75 bits per heavy atom. The number of hydrogen-bond acceptors (Lipinski definition) is 5. The number of para-hydroxylation sites is 2. The van der Waals surface area contributed by atoms with Gasteiger partial charge >= 0.3 is 5.97 Å². The van der Waals surface area contributed by atoms with Crippen LogP contribution >= 0.6 is 11.6 Å². The lowest BCUT2D eigenvalue weighted by Gasteiger charge is -2.19. The highest BCUT2D eigenvalue weighted by Crippen LogP contribution is 2.33. The van der Waals surface area contributed by atoms with Crippen LogP contribution in [0.5, 0.6) is 5.75 Å². The van der Waals surface area contributed by atoms with Crippen LogP contribution in [0.1, 0.15) is 6.42 Å². The van der Waals surface area contributed by atoms with Crippen LogP contribution in [0.3, 0.4) is 0 Å². The number of halogens is 1. The molecule has 1 aliphatic rings. The highest BCUT2D eigenvalue weighted by Gasteiger charge is 2.37. The summed E-state index contributed by atoms with van der Waals surface area (Å²) in [4.78, 5) is 38.1. The Balaban J connectivity index is 1.55. The fourth-order valence-corrected chi connectivity index (χ4v) is 3.16. The molecular formula is C20H19ClN2O5. The molecule has 146 valence electrons. The SMILES string of the molecule is COc1ccccc1N1CC(C(=O)OCC(=O)Nc2cccc(Cl)c2)CC1=O. The third-order valence-electron chi connectivity index (χ3n) is 4.29. The molecule has 7 nitrogen and oxygen atoms in total. The van der Waals surface area contributed by atoms with Crippen molar-refractivity contribution in [2.24, 2.45) is 5.92 Å². The standard InChI is InChI=1S/C20H19ClN2O5/c1-27-17-8-3-2-7-16(17)23-11-13(9-19(23)25)20(26)28-12-18(24)22-15-6-4-5-14(21)10-15/h2-8,10,13H,9,11-12H2,1H3,(H,22,24). The molecule has 2 aromatic rings. The van der Waals surface area contributed by atoms with Crippen molar-refractivity contribution in [2.45, 2.75) is 6.42 Å². The monoisotopic (exact) mass is 402 g/mol. The molecule has 3 rings (SSSR count). The minimum absolute atomic E-state index is 0.0206. The zero-order valence-electron chi connectivity index (χ0n) is 15.2. The van der Waals surface area contributed by atoms with Crippen molar-refractivity contribution in [3.8, 4) is 5.75 Å². The Morgan fingerprint density at radius 1 is 1.21 bits per heavy atom. The Hall–Kier alpha value is -3.06. The maximum absolute atomic E-state index is 12.3. The first-order valence-electron chi connectivity index (χ1n) is 8.63. The topological polar surface area (TPSA) is 84.9 Å². The van der Waals surface area contributed by atoms with E-state index in [4.69, 9.17) is 21.1 Å². The second-order valence-electron chi connectivity index (χ2n) is 6.24. The zero-order valence-corrected chi connectivity index (χ0v) is 15.9. The third kappa shape index (κ3) is 4.61. The molecule has 1 heterocycles. The van der Waals surface area contributed by atoms with Crippen LogP contribution in [0.25, 0.3) is 0 Å². The summed E-state index contributed by atoms with van der Waals surface area (Å²) in [5, 5.41) is 3.07. The molecule has 2 amide bonds. The van der Waals surface area contributed by atoms with Crippen LogP contribution < -0.4 is 15.0 Å². The summed E-state index contributed by atoms with van der Waals surface area (Å²) in [6.45, 7) is -0.265. The van der Waals surface area contributed by atoms with Gasteiger partial charge in [-0.1, -0.05) is 29.8 Å². The van der Waals surface area contributed by atoms with Crippen molar-refractivity contribution in [1.82, 2.24) is 0 Å². The first-order chi connectivity index (χ1) is 13.5. The summed E-state index contributed by atoms with van der Waals surface area (Å²) >= 11 is 5.86. The molecule has 1 fully saturated rings. The van der Waals surface area contributed by atoms with Crippen LogP contribution in [0.15, 0.2) is 48.5 Å². The summed E-state index contributed by atoms with van der Waals surface area (Å²) in [5.41, 5.74) is 1.11. The largest absolute Gasteiger partial charge is 0.495 e. The molecule has 0 aromatic heterocycles. The number of anilines is 2. The molecule has 0 aliphatic carbocycles. The number of hydrogen-bond donors (Lipinski definition) is 1. The van der Waals surface area contributed by atoms with Crippen LogP contribution in [-0.4, -0.2) is 38.0 Å². The lowest BCUT2D eigenvalue weighted by Crippen LogP contribution is -2.28. The number of ether oxygens (including phenoxy) is 2. The Bertz CT molecular complexity index is 902. The van der Waals surface area contributed by atoms with Gasteiger partial charge in [-0.05, 0) is 30.3 Å². The summed E-state index contributed by atoms with van der Waals surface area (Å²) in [5.74, 6) is -1.37. The van der Waals surface area contributed by atoms with Crippen molar-refractivity contribution in [1.29, 1.82) is 0 Å². The molecule has 28 heavy (non-hydrogen) atoms. The van der Waals surface area contributed by atoms with E-state index >= 15 is 0 Å². The quantitative estimate of drug-likeness (QED) is 0.751. The molecule has 1 N–H and O–H groups in total. The van der Waals surface area contributed by atoms with E-state index in [1.54, 1.807) is 48.5 Å². The first kappa shape index (κ1) is 19.7. The molecule has 1 saturated heterocycles. The average molecular weight is 403 g/mol. The van der Waals surface area contributed by atoms with Crippen molar-refractivity contribution < 1.29 is 23.9 Å². The number of methoxy groups -OCH3 is 1. The molecular weight excluding hydrogens is 384 g/mol. The van der Waals surface area contributed by atoms with Gasteiger partial charge in [-0.25, -0.2) is 0 Å². The highest BCUT2D eigenvalue weighted by molar-refractivity contribution is 6.30. The Kier molecular flexibility index (Phi) is 6.16. The molecule has 8 heteroatoms. The van der Waals surface area contributed by atoms with Gasteiger partial charge in [0.25, 0.3) is 5.91 Å². The summed E-state index contributed by atoms with van der Waals surface area (Å²) < 4.78 is 10.4. The first-order valence-corrected chi connectivity index (χ1v) is 9.01. The van der Waals surface area contributed by atoms with E-state index in [-0.39, 0.29) is 18.9 Å². The van der Waals surface area contributed by atoms with Crippen molar-refractivity contribution in [3.05, 3.63) is 53.6 Å². The lowest BCUT2D eigenvalue weighted by molar-refractivity contribution is -0.151. The van der Waals surface area contributed by atoms with Gasteiger partial charge in [-0.3, -0.25) is 14.4 Å². The normalized spacial score (nSPS) is 16.0. The van der Waals surface area contributed by atoms with Gasteiger partial charge in [-0.15, -0.1) is 0 Å². The number of rotatable bonds is 6. The van der Waals surface area contributed by atoms with Gasteiger partial charge < -0.3 is 19.7 Å². The fraction of sp³-hybridized carbons (Fsp3) is 0.250. The fourth-order valence-electron chi connectivity index (χ4n) is 2.97. The van der Waals surface area contributed by atoms with Gasteiger partial charge in [0, 0.05) is 23.7 Å². The predicted octanol–water partition coefficient (Wildman–Crippen LogP) is 2.88. The smallest absolute Gasteiger partial charge is 0.311 e. The van der Waals surface area contributed by atoms with Crippen molar-refractivity contribution in [2.75, 3.05) is 30.5 Å². The lowest BCUT2D eigenvalue weighted by atomic mass is 10.1. The van der Waals surface area contributed by atoms with E-state index in [9.17, 15) is 14.4 Å². The number of carbonyl (C=O) groups excluding carboxylic acids is 3.